The minimum atomic E-state index is -3.91. The Labute approximate surface area is 158 Å². The van der Waals surface area contributed by atoms with Crippen molar-refractivity contribution in [3.05, 3.63) is 24.3 Å². The molecule has 146 valence electrons. The summed E-state index contributed by atoms with van der Waals surface area (Å²) >= 11 is 0. The largest absolute Gasteiger partial charge is 0.496 e. The third-order valence-electron chi connectivity index (χ3n) is 4.70. The number of sulfone groups is 1. The Morgan fingerprint density at radius 1 is 1.26 bits per heavy atom. The monoisotopic (exact) mass is 392 g/mol. The number of para-hydroxylation sites is 1. The van der Waals surface area contributed by atoms with Crippen molar-refractivity contribution in [3.8, 4) is 17.1 Å². The van der Waals surface area contributed by atoms with E-state index in [1.807, 2.05) is 12.1 Å². The van der Waals surface area contributed by atoms with Crippen LogP contribution in [0.1, 0.15) is 32.6 Å². The summed E-state index contributed by atoms with van der Waals surface area (Å²) in [5.41, 5.74) is 0.645. The second-order valence-electron chi connectivity index (χ2n) is 6.56. The van der Waals surface area contributed by atoms with Crippen LogP contribution in [-0.2, 0) is 21.2 Å². The highest BCUT2D eigenvalue weighted by molar-refractivity contribution is 7.92. The van der Waals surface area contributed by atoms with Crippen molar-refractivity contribution < 1.29 is 17.9 Å². The van der Waals surface area contributed by atoms with Crippen molar-refractivity contribution in [1.82, 2.24) is 20.1 Å². The fourth-order valence-corrected chi connectivity index (χ4v) is 4.68. The fourth-order valence-electron chi connectivity index (χ4n) is 3.41. The summed E-state index contributed by atoms with van der Waals surface area (Å²) in [5, 5.41) is 10.6. The molecule has 0 atom stereocenters. The molecule has 0 saturated heterocycles. The Balaban J connectivity index is 1.87. The van der Waals surface area contributed by atoms with E-state index < -0.39 is 21.5 Å². The number of aromatic nitrogens is 3. The van der Waals surface area contributed by atoms with Crippen LogP contribution in [-0.4, -0.2) is 48.0 Å². The van der Waals surface area contributed by atoms with Crippen LogP contribution in [0.4, 0.5) is 0 Å². The van der Waals surface area contributed by atoms with Gasteiger partial charge in [0, 0.05) is 12.6 Å². The molecule has 1 fully saturated rings. The number of hydrogen-bond acceptors (Lipinski definition) is 6. The highest BCUT2D eigenvalue weighted by Gasteiger charge is 2.29. The summed E-state index contributed by atoms with van der Waals surface area (Å²) in [4.78, 5) is 12.2. The quantitative estimate of drug-likeness (QED) is 0.771. The maximum Gasteiger partial charge on any atom is 0.250 e. The van der Waals surface area contributed by atoms with Gasteiger partial charge in [0.2, 0.25) is 15.7 Å². The zero-order valence-electron chi connectivity index (χ0n) is 15.5. The average Bonchev–Trinajstić information content (AvgIpc) is 3.30. The van der Waals surface area contributed by atoms with E-state index in [-0.39, 0.29) is 11.2 Å². The lowest BCUT2D eigenvalue weighted by Gasteiger charge is -2.13. The van der Waals surface area contributed by atoms with Crippen LogP contribution in [0.5, 0.6) is 5.75 Å². The normalized spacial score (nSPS) is 15.0. The van der Waals surface area contributed by atoms with Gasteiger partial charge in [0.25, 0.3) is 5.16 Å². The van der Waals surface area contributed by atoms with E-state index in [4.69, 9.17) is 4.74 Å². The molecule has 1 aromatic heterocycles. The van der Waals surface area contributed by atoms with Gasteiger partial charge in [0.1, 0.15) is 11.5 Å². The third kappa shape index (κ3) is 4.13. The predicted octanol–water partition coefficient (Wildman–Crippen LogP) is 1.81. The molecule has 1 aliphatic carbocycles. The second-order valence-corrected chi connectivity index (χ2v) is 8.44. The third-order valence-corrected chi connectivity index (χ3v) is 6.20. The molecule has 1 aromatic carbocycles. The summed E-state index contributed by atoms with van der Waals surface area (Å²) in [6.07, 6.45) is 3.91. The Kier molecular flexibility index (Phi) is 5.79. The first kappa shape index (κ1) is 19.3. The van der Waals surface area contributed by atoms with Crippen LogP contribution in [0.2, 0.25) is 0 Å². The van der Waals surface area contributed by atoms with Gasteiger partial charge in [-0.25, -0.2) is 8.42 Å². The number of hydrogen-bond donors (Lipinski definition) is 1. The number of carbonyl (C=O) groups is 1. The van der Waals surface area contributed by atoms with Crippen molar-refractivity contribution in [2.24, 2.45) is 0 Å². The topological polar surface area (TPSA) is 103 Å². The molecule has 0 spiro atoms. The number of amides is 1. The Bertz CT molecular complexity index is 917. The van der Waals surface area contributed by atoms with E-state index in [0.29, 0.717) is 23.7 Å². The number of nitrogens with one attached hydrogen (secondary N) is 1. The van der Waals surface area contributed by atoms with Crippen LogP contribution in [0.25, 0.3) is 11.4 Å². The number of ether oxygens (including phenoxy) is 1. The maximum atomic E-state index is 12.8. The fraction of sp³-hybridized carbons (Fsp3) is 0.500. The van der Waals surface area contributed by atoms with Gasteiger partial charge in [0.05, 0.1) is 12.7 Å². The first-order valence-corrected chi connectivity index (χ1v) is 10.7. The van der Waals surface area contributed by atoms with Crippen LogP contribution >= 0.6 is 0 Å². The number of rotatable bonds is 7. The van der Waals surface area contributed by atoms with Gasteiger partial charge in [-0.05, 0) is 31.9 Å². The summed E-state index contributed by atoms with van der Waals surface area (Å²) in [6, 6.07) is 7.27. The van der Waals surface area contributed by atoms with E-state index in [1.165, 1.54) is 11.7 Å². The predicted molar refractivity (Wildman–Crippen MR) is 100 cm³/mol. The van der Waals surface area contributed by atoms with Crippen molar-refractivity contribution in [3.63, 3.8) is 0 Å². The van der Waals surface area contributed by atoms with Gasteiger partial charge in [-0.2, -0.15) is 0 Å². The molecule has 8 nitrogen and oxygen atoms in total. The van der Waals surface area contributed by atoms with Gasteiger partial charge in [0.15, 0.2) is 5.82 Å². The molecular formula is C18H24N4O4S. The van der Waals surface area contributed by atoms with Crippen LogP contribution in [0.15, 0.2) is 29.4 Å². The number of nitrogens with zero attached hydrogens (tertiary/aromatic N) is 3. The van der Waals surface area contributed by atoms with Gasteiger partial charge >= 0.3 is 0 Å². The molecule has 1 aliphatic rings. The molecule has 0 radical (unpaired) electrons. The second kappa shape index (κ2) is 8.08. The molecule has 1 amide bonds. The average molecular weight is 392 g/mol. The standard InChI is InChI=1S/C18H24N4O4S/c1-3-22-17(14-10-6-7-11-15(14)26-2)20-21-18(22)27(24,25)12-16(23)19-13-8-4-5-9-13/h6-7,10-11,13H,3-5,8-9,12H2,1-2H3,(H,19,23). The molecule has 1 heterocycles. The molecule has 3 rings (SSSR count). The van der Waals surface area contributed by atoms with E-state index in [9.17, 15) is 13.2 Å². The Hall–Kier alpha value is -2.42. The lowest BCUT2D eigenvalue weighted by atomic mass is 10.2. The summed E-state index contributed by atoms with van der Waals surface area (Å²) < 4.78 is 32.4. The molecule has 0 bridgehead atoms. The first-order chi connectivity index (χ1) is 13.0. The molecular weight excluding hydrogens is 368 g/mol. The molecule has 27 heavy (non-hydrogen) atoms. The number of methoxy groups -OCH3 is 1. The van der Waals surface area contributed by atoms with Crippen LogP contribution in [0.3, 0.4) is 0 Å². The number of carbonyl (C=O) groups excluding carboxylic acids is 1. The highest BCUT2D eigenvalue weighted by Crippen LogP contribution is 2.29. The Morgan fingerprint density at radius 2 is 1.96 bits per heavy atom. The summed E-state index contributed by atoms with van der Waals surface area (Å²) in [7, 11) is -2.38. The van der Waals surface area contributed by atoms with E-state index in [0.717, 1.165) is 25.7 Å². The lowest BCUT2D eigenvalue weighted by molar-refractivity contribution is -0.119. The van der Waals surface area contributed by atoms with Crippen molar-refractivity contribution in [2.45, 2.75) is 50.4 Å². The smallest absolute Gasteiger partial charge is 0.250 e. The number of benzene rings is 1. The molecule has 0 unspecified atom stereocenters. The molecule has 9 heteroatoms. The molecule has 1 N–H and O–H groups in total. The maximum absolute atomic E-state index is 12.8. The Morgan fingerprint density at radius 3 is 2.63 bits per heavy atom. The van der Waals surface area contributed by atoms with Crippen LogP contribution < -0.4 is 10.1 Å². The van der Waals surface area contributed by atoms with Crippen molar-refractivity contribution in [1.29, 1.82) is 0 Å². The summed E-state index contributed by atoms with van der Waals surface area (Å²) in [6.45, 7) is 2.15. The van der Waals surface area contributed by atoms with E-state index in [2.05, 4.69) is 15.5 Å². The van der Waals surface area contributed by atoms with Gasteiger partial charge in [-0.1, -0.05) is 25.0 Å². The molecule has 1 saturated carbocycles. The lowest BCUT2D eigenvalue weighted by Crippen LogP contribution is -2.37. The van der Waals surface area contributed by atoms with Gasteiger partial charge < -0.3 is 10.1 Å². The summed E-state index contributed by atoms with van der Waals surface area (Å²) in [5.74, 6) is -0.160. The SMILES string of the molecule is CCn1c(-c2ccccc2OC)nnc1S(=O)(=O)CC(=O)NC1CCCC1. The van der Waals surface area contributed by atoms with Crippen LogP contribution in [0, 0.1) is 0 Å². The minimum Gasteiger partial charge on any atom is -0.496 e. The first-order valence-electron chi connectivity index (χ1n) is 9.05. The molecule has 2 aromatic rings. The van der Waals surface area contributed by atoms with Gasteiger partial charge in [-0.15, -0.1) is 10.2 Å². The van der Waals surface area contributed by atoms with Crippen molar-refractivity contribution >= 4 is 15.7 Å². The van der Waals surface area contributed by atoms with E-state index in [1.54, 1.807) is 19.1 Å². The van der Waals surface area contributed by atoms with Crippen molar-refractivity contribution in [2.75, 3.05) is 12.9 Å². The zero-order valence-corrected chi connectivity index (χ0v) is 16.3. The minimum absolute atomic E-state index is 0.0703. The zero-order chi connectivity index (χ0) is 19.4. The van der Waals surface area contributed by atoms with Gasteiger partial charge in [-0.3, -0.25) is 9.36 Å². The molecule has 0 aliphatic heterocycles. The highest BCUT2D eigenvalue weighted by atomic mass is 32.2. The van der Waals surface area contributed by atoms with E-state index >= 15 is 0 Å².